The lowest BCUT2D eigenvalue weighted by molar-refractivity contribution is -0.119. The van der Waals surface area contributed by atoms with Crippen LogP contribution in [0.4, 0.5) is 0 Å². The van der Waals surface area contributed by atoms with Gasteiger partial charge in [-0.15, -0.1) is 0 Å². The van der Waals surface area contributed by atoms with Gasteiger partial charge in [-0.25, -0.2) is 0 Å². The van der Waals surface area contributed by atoms with E-state index in [2.05, 4.69) is 5.32 Å². The lowest BCUT2D eigenvalue weighted by Crippen LogP contribution is -2.32. The highest BCUT2D eigenvalue weighted by Gasteiger charge is 2.44. The summed E-state index contributed by atoms with van der Waals surface area (Å²) in [5, 5.41) is 2.93. The minimum absolute atomic E-state index is 0.100. The summed E-state index contributed by atoms with van der Waals surface area (Å²) in [5.74, 6) is 3.28. The van der Waals surface area contributed by atoms with E-state index < -0.39 is 0 Å². The normalized spacial score (nSPS) is 40.1. The Hall–Kier alpha value is -0.570. The van der Waals surface area contributed by atoms with Crippen LogP contribution in [0.1, 0.15) is 26.2 Å². The summed E-state index contributed by atoms with van der Waals surface area (Å²) in [6.45, 7) is 3.33. The van der Waals surface area contributed by atoms with Crippen molar-refractivity contribution in [2.24, 2.45) is 29.4 Å². The minimum Gasteiger partial charge on any atom is -0.356 e. The predicted molar refractivity (Wildman–Crippen MR) is 55.5 cm³/mol. The SMILES string of the molecule is CC(=O)NCC1CC2CC1CC2CN. The average molecular weight is 196 g/mol. The van der Waals surface area contributed by atoms with Gasteiger partial charge < -0.3 is 11.1 Å². The number of hydrogen-bond donors (Lipinski definition) is 2. The Balaban J connectivity index is 1.81. The molecular formula is C11H20N2O. The average Bonchev–Trinajstić information content (AvgIpc) is 2.72. The van der Waals surface area contributed by atoms with Crippen molar-refractivity contribution in [2.45, 2.75) is 26.2 Å². The van der Waals surface area contributed by atoms with Crippen LogP contribution in [-0.4, -0.2) is 19.0 Å². The van der Waals surface area contributed by atoms with Gasteiger partial charge in [0.05, 0.1) is 0 Å². The van der Waals surface area contributed by atoms with Crippen molar-refractivity contribution in [3.05, 3.63) is 0 Å². The van der Waals surface area contributed by atoms with Gasteiger partial charge in [0.15, 0.2) is 0 Å². The highest BCUT2D eigenvalue weighted by molar-refractivity contribution is 5.72. The van der Waals surface area contributed by atoms with Crippen LogP contribution in [0, 0.1) is 23.7 Å². The van der Waals surface area contributed by atoms with Gasteiger partial charge in [-0.05, 0) is 49.5 Å². The van der Waals surface area contributed by atoms with Gasteiger partial charge in [0.1, 0.15) is 0 Å². The summed E-state index contributed by atoms with van der Waals surface area (Å²) in [6.07, 6.45) is 3.93. The van der Waals surface area contributed by atoms with Crippen LogP contribution in [0.15, 0.2) is 0 Å². The quantitative estimate of drug-likeness (QED) is 0.699. The maximum absolute atomic E-state index is 10.8. The Bertz CT molecular complexity index is 229. The van der Waals surface area contributed by atoms with Crippen molar-refractivity contribution in [1.29, 1.82) is 0 Å². The first kappa shape index (κ1) is 9.97. The highest BCUT2D eigenvalue weighted by atomic mass is 16.1. The Morgan fingerprint density at radius 1 is 1.29 bits per heavy atom. The van der Waals surface area contributed by atoms with Crippen LogP contribution in [0.25, 0.3) is 0 Å². The zero-order valence-electron chi connectivity index (χ0n) is 8.83. The van der Waals surface area contributed by atoms with Crippen molar-refractivity contribution < 1.29 is 4.79 Å². The lowest BCUT2D eigenvalue weighted by Gasteiger charge is -2.27. The van der Waals surface area contributed by atoms with Gasteiger partial charge in [0, 0.05) is 13.5 Å². The molecule has 0 aromatic rings. The molecule has 2 rings (SSSR count). The molecule has 0 aromatic carbocycles. The molecule has 0 aromatic heterocycles. The first-order valence-electron chi connectivity index (χ1n) is 5.65. The summed E-state index contributed by atoms with van der Waals surface area (Å²) in [4.78, 5) is 10.8. The molecule has 80 valence electrons. The van der Waals surface area contributed by atoms with E-state index in [0.29, 0.717) is 0 Å². The second kappa shape index (κ2) is 3.89. The van der Waals surface area contributed by atoms with Crippen LogP contribution >= 0.6 is 0 Å². The molecule has 0 saturated heterocycles. The summed E-state index contributed by atoms with van der Waals surface area (Å²) < 4.78 is 0. The van der Waals surface area contributed by atoms with Crippen LogP contribution in [0.3, 0.4) is 0 Å². The van der Waals surface area contributed by atoms with E-state index in [-0.39, 0.29) is 5.91 Å². The van der Waals surface area contributed by atoms with Gasteiger partial charge in [-0.1, -0.05) is 0 Å². The van der Waals surface area contributed by atoms with Crippen LogP contribution in [-0.2, 0) is 4.79 Å². The predicted octanol–water partition coefficient (Wildman–Crippen LogP) is 0.743. The van der Waals surface area contributed by atoms with Gasteiger partial charge >= 0.3 is 0 Å². The van der Waals surface area contributed by atoms with E-state index in [1.807, 2.05) is 0 Å². The smallest absolute Gasteiger partial charge is 0.216 e. The zero-order chi connectivity index (χ0) is 10.1. The number of carbonyl (C=O) groups is 1. The molecule has 0 radical (unpaired) electrons. The topological polar surface area (TPSA) is 55.1 Å². The van der Waals surface area contributed by atoms with E-state index in [4.69, 9.17) is 5.73 Å². The Morgan fingerprint density at radius 2 is 1.93 bits per heavy atom. The van der Waals surface area contributed by atoms with Gasteiger partial charge in [0.2, 0.25) is 5.91 Å². The largest absolute Gasteiger partial charge is 0.356 e. The van der Waals surface area contributed by atoms with Crippen molar-refractivity contribution in [1.82, 2.24) is 5.32 Å². The van der Waals surface area contributed by atoms with Crippen molar-refractivity contribution in [3.63, 3.8) is 0 Å². The van der Waals surface area contributed by atoms with Crippen molar-refractivity contribution >= 4 is 5.91 Å². The number of fused-ring (bicyclic) bond motifs is 2. The number of nitrogens with one attached hydrogen (secondary N) is 1. The molecule has 4 atom stereocenters. The van der Waals surface area contributed by atoms with E-state index in [1.165, 1.54) is 19.3 Å². The van der Waals surface area contributed by atoms with Crippen LogP contribution in [0.5, 0.6) is 0 Å². The number of hydrogen-bond acceptors (Lipinski definition) is 2. The number of amides is 1. The first-order chi connectivity index (χ1) is 6.70. The third-order valence-corrected chi connectivity index (χ3v) is 4.07. The summed E-state index contributed by atoms with van der Waals surface area (Å²) in [6, 6.07) is 0. The summed E-state index contributed by atoms with van der Waals surface area (Å²) in [5.41, 5.74) is 5.72. The fraction of sp³-hybridized carbons (Fsp3) is 0.909. The molecule has 1 amide bonds. The van der Waals surface area contributed by atoms with E-state index in [1.54, 1.807) is 6.92 Å². The Kier molecular flexibility index (Phi) is 2.77. The van der Waals surface area contributed by atoms with E-state index in [0.717, 1.165) is 36.8 Å². The molecule has 2 fully saturated rings. The standard InChI is InChI=1S/C11H20N2O/c1-7(14)13-6-11-4-8-2-9(11)3-10(8)5-12/h8-11H,2-6,12H2,1H3,(H,13,14). The molecule has 0 aliphatic heterocycles. The molecule has 3 heteroatoms. The maximum Gasteiger partial charge on any atom is 0.216 e. The number of carbonyl (C=O) groups excluding carboxylic acids is 1. The number of nitrogens with two attached hydrogens (primary N) is 1. The summed E-state index contributed by atoms with van der Waals surface area (Å²) in [7, 11) is 0. The first-order valence-corrected chi connectivity index (χ1v) is 5.65. The van der Waals surface area contributed by atoms with Crippen molar-refractivity contribution in [3.8, 4) is 0 Å². The molecule has 0 heterocycles. The van der Waals surface area contributed by atoms with Crippen molar-refractivity contribution in [2.75, 3.05) is 13.1 Å². The fourth-order valence-electron chi connectivity index (χ4n) is 3.33. The third kappa shape index (κ3) is 1.78. The zero-order valence-corrected chi connectivity index (χ0v) is 8.83. The molecular weight excluding hydrogens is 176 g/mol. The molecule has 2 aliphatic carbocycles. The van der Waals surface area contributed by atoms with Gasteiger partial charge in [-0.3, -0.25) is 4.79 Å². The second-order valence-corrected chi connectivity index (χ2v) is 4.92. The van der Waals surface area contributed by atoms with E-state index in [9.17, 15) is 4.79 Å². The molecule has 4 unspecified atom stereocenters. The number of rotatable bonds is 3. The summed E-state index contributed by atoms with van der Waals surface area (Å²) >= 11 is 0. The highest BCUT2D eigenvalue weighted by Crippen LogP contribution is 2.51. The van der Waals surface area contributed by atoms with Gasteiger partial charge in [0.25, 0.3) is 0 Å². The Labute approximate surface area is 85.4 Å². The maximum atomic E-state index is 10.8. The third-order valence-electron chi connectivity index (χ3n) is 4.07. The molecule has 0 spiro atoms. The Morgan fingerprint density at radius 3 is 2.43 bits per heavy atom. The fourth-order valence-corrected chi connectivity index (χ4v) is 3.33. The van der Waals surface area contributed by atoms with Crippen LogP contribution < -0.4 is 11.1 Å². The molecule has 3 nitrogen and oxygen atoms in total. The molecule has 2 bridgehead atoms. The minimum atomic E-state index is 0.100. The molecule has 2 aliphatic rings. The second-order valence-electron chi connectivity index (χ2n) is 4.92. The van der Waals surface area contributed by atoms with E-state index >= 15 is 0 Å². The molecule has 14 heavy (non-hydrogen) atoms. The van der Waals surface area contributed by atoms with Gasteiger partial charge in [-0.2, -0.15) is 0 Å². The van der Waals surface area contributed by atoms with Crippen LogP contribution in [0.2, 0.25) is 0 Å². The molecule has 3 N–H and O–H groups in total. The molecule has 2 saturated carbocycles. The lowest BCUT2D eigenvalue weighted by atomic mass is 9.82. The monoisotopic (exact) mass is 196 g/mol.